The predicted molar refractivity (Wildman–Crippen MR) is 86.9 cm³/mol. The van der Waals surface area contributed by atoms with Crippen LogP contribution in [0.25, 0.3) is 0 Å². The van der Waals surface area contributed by atoms with E-state index in [9.17, 15) is 4.79 Å². The van der Waals surface area contributed by atoms with Gasteiger partial charge in [0.2, 0.25) is 5.91 Å². The van der Waals surface area contributed by atoms with Crippen LogP contribution in [0.2, 0.25) is 0 Å². The van der Waals surface area contributed by atoms with Gasteiger partial charge in [-0.2, -0.15) is 5.10 Å². The van der Waals surface area contributed by atoms with Gasteiger partial charge in [-0.15, -0.1) is 11.3 Å². The zero-order chi connectivity index (χ0) is 15.5. The van der Waals surface area contributed by atoms with Crippen LogP contribution in [0.4, 0.5) is 5.13 Å². The summed E-state index contributed by atoms with van der Waals surface area (Å²) in [5.74, 6) is 0.632. The number of likely N-dealkylation sites (N-methyl/N-ethyl adjacent to an activating group) is 1. The molecule has 1 fully saturated rings. The molecule has 0 saturated heterocycles. The van der Waals surface area contributed by atoms with E-state index in [0.29, 0.717) is 17.6 Å². The first kappa shape index (κ1) is 15.2. The molecule has 1 unspecified atom stereocenters. The maximum absolute atomic E-state index is 12.4. The SMILES string of the molecule is CCC(C(=O)Nc1nccs1)N(C)Cc1cc(C2CC2)n[nH]1. The van der Waals surface area contributed by atoms with Crippen LogP contribution in [0.3, 0.4) is 0 Å². The second-order valence-electron chi connectivity index (χ2n) is 5.76. The number of nitrogens with zero attached hydrogens (tertiary/aromatic N) is 3. The predicted octanol–water partition coefficient (Wildman–Crippen LogP) is 2.59. The zero-order valence-electron chi connectivity index (χ0n) is 12.9. The number of carbonyl (C=O) groups excluding carboxylic acids is 1. The Morgan fingerprint density at radius 1 is 1.59 bits per heavy atom. The van der Waals surface area contributed by atoms with Gasteiger partial charge in [-0.3, -0.25) is 14.8 Å². The number of rotatable bonds is 7. The molecule has 1 aliphatic carbocycles. The summed E-state index contributed by atoms with van der Waals surface area (Å²) in [6, 6.07) is 1.94. The number of hydrogen-bond donors (Lipinski definition) is 2. The molecule has 1 amide bonds. The first-order chi connectivity index (χ1) is 10.7. The normalized spacial score (nSPS) is 16.0. The Balaban J connectivity index is 1.59. The molecule has 1 aliphatic rings. The van der Waals surface area contributed by atoms with E-state index in [1.54, 1.807) is 6.20 Å². The molecule has 1 atom stereocenters. The van der Waals surface area contributed by atoms with Gasteiger partial charge in [0.15, 0.2) is 5.13 Å². The maximum atomic E-state index is 12.4. The van der Waals surface area contributed by atoms with Crippen molar-refractivity contribution in [2.75, 3.05) is 12.4 Å². The molecular formula is C15H21N5OS. The van der Waals surface area contributed by atoms with Crippen molar-refractivity contribution < 1.29 is 4.79 Å². The molecule has 0 aliphatic heterocycles. The van der Waals surface area contributed by atoms with Crippen molar-refractivity contribution in [1.29, 1.82) is 0 Å². The van der Waals surface area contributed by atoms with Gasteiger partial charge in [0.1, 0.15) is 0 Å². The van der Waals surface area contributed by atoms with E-state index in [2.05, 4.69) is 26.6 Å². The quantitative estimate of drug-likeness (QED) is 0.822. The molecule has 6 nitrogen and oxygen atoms in total. The molecule has 0 bridgehead atoms. The van der Waals surface area contributed by atoms with Gasteiger partial charge in [0.05, 0.1) is 11.7 Å². The Morgan fingerprint density at radius 2 is 2.41 bits per heavy atom. The average Bonchev–Trinajstić information content (AvgIpc) is 3.02. The van der Waals surface area contributed by atoms with Gasteiger partial charge in [-0.1, -0.05) is 6.92 Å². The number of nitrogens with one attached hydrogen (secondary N) is 2. The van der Waals surface area contributed by atoms with E-state index in [1.165, 1.54) is 24.2 Å². The summed E-state index contributed by atoms with van der Waals surface area (Å²) < 4.78 is 0. The van der Waals surface area contributed by atoms with Gasteiger partial charge >= 0.3 is 0 Å². The number of anilines is 1. The third-order valence-electron chi connectivity index (χ3n) is 3.95. The summed E-state index contributed by atoms with van der Waals surface area (Å²) in [7, 11) is 1.97. The highest BCUT2D eigenvalue weighted by Crippen LogP contribution is 2.39. The van der Waals surface area contributed by atoms with Crippen LogP contribution in [0, 0.1) is 0 Å². The van der Waals surface area contributed by atoms with Crippen molar-refractivity contribution in [3.8, 4) is 0 Å². The average molecular weight is 319 g/mol. The monoisotopic (exact) mass is 319 g/mol. The topological polar surface area (TPSA) is 73.9 Å². The molecule has 7 heteroatoms. The summed E-state index contributed by atoms with van der Waals surface area (Å²) in [5, 5.41) is 12.8. The lowest BCUT2D eigenvalue weighted by Gasteiger charge is -2.25. The molecular weight excluding hydrogens is 298 g/mol. The number of thiazole rings is 1. The number of hydrogen-bond acceptors (Lipinski definition) is 5. The summed E-state index contributed by atoms with van der Waals surface area (Å²) >= 11 is 1.43. The van der Waals surface area contributed by atoms with Gasteiger partial charge < -0.3 is 5.32 Å². The van der Waals surface area contributed by atoms with Crippen LogP contribution in [0.15, 0.2) is 17.6 Å². The third kappa shape index (κ3) is 3.53. The lowest BCUT2D eigenvalue weighted by molar-refractivity contribution is -0.121. The van der Waals surface area contributed by atoms with E-state index in [-0.39, 0.29) is 11.9 Å². The van der Waals surface area contributed by atoms with Crippen molar-refractivity contribution in [3.63, 3.8) is 0 Å². The Hall–Kier alpha value is -1.73. The molecule has 118 valence electrons. The van der Waals surface area contributed by atoms with Crippen LogP contribution < -0.4 is 5.32 Å². The van der Waals surface area contributed by atoms with Crippen LogP contribution in [0.5, 0.6) is 0 Å². The Labute approximate surface area is 133 Å². The fourth-order valence-corrected chi connectivity index (χ4v) is 3.13. The largest absolute Gasteiger partial charge is 0.301 e. The van der Waals surface area contributed by atoms with Gasteiger partial charge in [0, 0.05) is 29.7 Å². The molecule has 0 spiro atoms. The highest BCUT2D eigenvalue weighted by molar-refractivity contribution is 7.13. The lowest BCUT2D eigenvalue weighted by atomic mass is 10.1. The Bertz CT molecular complexity index is 620. The lowest BCUT2D eigenvalue weighted by Crippen LogP contribution is -2.41. The molecule has 22 heavy (non-hydrogen) atoms. The molecule has 0 aromatic carbocycles. The fourth-order valence-electron chi connectivity index (χ4n) is 2.60. The van der Waals surface area contributed by atoms with Gasteiger partial charge in [-0.25, -0.2) is 4.98 Å². The second kappa shape index (κ2) is 6.58. The fraction of sp³-hybridized carbons (Fsp3) is 0.533. The molecule has 1 saturated carbocycles. The maximum Gasteiger partial charge on any atom is 0.243 e. The number of aromatic amines is 1. The summed E-state index contributed by atoms with van der Waals surface area (Å²) in [5.41, 5.74) is 2.22. The Kier molecular flexibility index (Phi) is 4.54. The highest BCUT2D eigenvalue weighted by Gasteiger charge is 2.27. The van der Waals surface area contributed by atoms with Crippen LogP contribution in [-0.2, 0) is 11.3 Å². The second-order valence-corrected chi connectivity index (χ2v) is 6.65. The van der Waals surface area contributed by atoms with E-state index in [1.807, 2.05) is 24.3 Å². The van der Waals surface area contributed by atoms with E-state index in [0.717, 1.165) is 17.8 Å². The van der Waals surface area contributed by atoms with E-state index >= 15 is 0 Å². The Morgan fingerprint density at radius 3 is 3.05 bits per heavy atom. The molecule has 3 rings (SSSR count). The third-order valence-corrected chi connectivity index (χ3v) is 4.64. The standard InChI is InChI=1S/C15H21N5OS/c1-3-13(14(21)17-15-16-6-7-22-15)20(2)9-11-8-12(19-18-11)10-4-5-10/h6-8,10,13H,3-5,9H2,1-2H3,(H,18,19)(H,16,17,21). The van der Waals surface area contributed by atoms with Gasteiger partial charge in [0.25, 0.3) is 0 Å². The van der Waals surface area contributed by atoms with Gasteiger partial charge in [-0.05, 0) is 32.4 Å². The molecule has 2 N–H and O–H groups in total. The summed E-state index contributed by atoms with van der Waals surface area (Å²) in [6.45, 7) is 2.70. The number of aromatic nitrogens is 3. The minimum absolute atomic E-state index is 0.0121. The highest BCUT2D eigenvalue weighted by atomic mass is 32.1. The van der Waals surface area contributed by atoms with Crippen LogP contribution >= 0.6 is 11.3 Å². The van der Waals surface area contributed by atoms with Crippen LogP contribution in [0.1, 0.15) is 43.5 Å². The number of H-pyrrole nitrogens is 1. The van der Waals surface area contributed by atoms with Crippen molar-refractivity contribution in [1.82, 2.24) is 20.1 Å². The first-order valence-electron chi connectivity index (χ1n) is 7.62. The number of carbonyl (C=O) groups is 1. The molecule has 2 aromatic heterocycles. The van der Waals surface area contributed by atoms with Crippen molar-refractivity contribution in [2.24, 2.45) is 0 Å². The van der Waals surface area contributed by atoms with Crippen molar-refractivity contribution in [2.45, 2.75) is 44.7 Å². The zero-order valence-corrected chi connectivity index (χ0v) is 13.7. The molecule has 0 radical (unpaired) electrons. The summed E-state index contributed by atoms with van der Waals surface area (Å²) in [6.07, 6.45) is 4.92. The summed E-state index contributed by atoms with van der Waals surface area (Å²) in [4.78, 5) is 18.5. The van der Waals surface area contributed by atoms with Crippen molar-refractivity contribution in [3.05, 3.63) is 29.0 Å². The number of amides is 1. The van der Waals surface area contributed by atoms with E-state index < -0.39 is 0 Å². The molecule has 2 heterocycles. The van der Waals surface area contributed by atoms with E-state index in [4.69, 9.17) is 0 Å². The molecule has 2 aromatic rings. The van der Waals surface area contributed by atoms with Crippen LogP contribution in [-0.4, -0.2) is 39.1 Å². The van der Waals surface area contributed by atoms with Crippen molar-refractivity contribution >= 4 is 22.4 Å². The minimum Gasteiger partial charge on any atom is -0.301 e. The smallest absolute Gasteiger partial charge is 0.243 e. The first-order valence-corrected chi connectivity index (χ1v) is 8.50. The minimum atomic E-state index is -0.184.